The van der Waals surface area contributed by atoms with Crippen molar-refractivity contribution in [1.29, 1.82) is 0 Å². The van der Waals surface area contributed by atoms with Crippen molar-refractivity contribution in [3.05, 3.63) is 18.0 Å². The molecule has 0 aliphatic carbocycles. The molecule has 150 valence electrons. The number of rotatable bonds is 8. The lowest BCUT2D eigenvalue weighted by atomic mass is 9.99. The second-order valence-corrected chi connectivity index (χ2v) is 7.57. The van der Waals surface area contributed by atoms with Gasteiger partial charge < -0.3 is 15.4 Å². The van der Waals surface area contributed by atoms with E-state index >= 15 is 0 Å². The number of H-pyrrole nitrogens is 1. The third-order valence-electron chi connectivity index (χ3n) is 5.78. The Labute approximate surface area is 160 Å². The highest BCUT2D eigenvalue weighted by Crippen LogP contribution is 2.24. The molecule has 2 fully saturated rings. The predicted molar refractivity (Wildman–Crippen MR) is 101 cm³/mol. The molecule has 0 unspecified atom stereocenters. The van der Waals surface area contributed by atoms with E-state index in [4.69, 9.17) is 4.74 Å². The van der Waals surface area contributed by atoms with Gasteiger partial charge in [-0.05, 0) is 38.8 Å². The maximum absolute atomic E-state index is 12.3. The monoisotopic (exact) mass is 377 g/mol. The maximum Gasteiger partial charge on any atom is 0.223 e. The number of amides is 2. The first-order valence-electron chi connectivity index (χ1n) is 9.96. The summed E-state index contributed by atoms with van der Waals surface area (Å²) in [5.41, 5.74) is 1.02. The van der Waals surface area contributed by atoms with Crippen LogP contribution in [0.15, 0.2) is 12.3 Å². The zero-order chi connectivity index (χ0) is 19.1. The molecule has 2 aliphatic rings. The number of ether oxygens (including phenoxy) is 1. The summed E-state index contributed by atoms with van der Waals surface area (Å²) in [7, 11) is 2.06. The number of aromatic amines is 1. The van der Waals surface area contributed by atoms with E-state index in [-0.39, 0.29) is 23.8 Å². The summed E-state index contributed by atoms with van der Waals surface area (Å²) in [6, 6.07) is 2.45. The lowest BCUT2D eigenvalue weighted by molar-refractivity contribution is -0.128. The lowest BCUT2D eigenvalue weighted by Gasteiger charge is -2.27. The van der Waals surface area contributed by atoms with Gasteiger partial charge in [0.25, 0.3) is 0 Å². The molecule has 0 saturated carbocycles. The predicted octanol–water partition coefficient (Wildman–Crippen LogP) is 0.464. The van der Waals surface area contributed by atoms with Crippen LogP contribution >= 0.6 is 0 Å². The molecular formula is C19H31N5O3. The Morgan fingerprint density at radius 3 is 2.74 bits per heavy atom. The number of likely N-dealkylation sites (tertiary alicyclic amines) is 1. The maximum atomic E-state index is 12.3. The summed E-state index contributed by atoms with van der Waals surface area (Å²) < 4.78 is 5.31. The molecule has 3 heterocycles. The summed E-state index contributed by atoms with van der Waals surface area (Å²) in [4.78, 5) is 26.7. The summed E-state index contributed by atoms with van der Waals surface area (Å²) in [5.74, 6) is 0.312. The van der Waals surface area contributed by atoms with Crippen LogP contribution in [-0.2, 0) is 20.7 Å². The number of nitrogens with zero attached hydrogens (tertiary/aromatic N) is 2. The molecule has 1 aromatic heterocycles. The Morgan fingerprint density at radius 2 is 2.00 bits per heavy atom. The Bertz CT molecular complexity index is 600. The van der Waals surface area contributed by atoms with Crippen LogP contribution in [0, 0.1) is 5.92 Å². The lowest BCUT2D eigenvalue weighted by Crippen LogP contribution is -2.44. The van der Waals surface area contributed by atoms with Crippen molar-refractivity contribution in [2.75, 3.05) is 33.4 Å². The van der Waals surface area contributed by atoms with Gasteiger partial charge in [-0.1, -0.05) is 0 Å². The van der Waals surface area contributed by atoms with E-state index in [2.05, 4.69) is 32.8 Å². The number of carbonyl (C=O) groups excluding carboxylic acids is 2. The summed E-state index contributed by atoms with van der Waals surface area (Å²) in [6.07, 6.45) is 6.60. The molecule has 3 rings (SSSR count). The van der Waals surface area contributed by atoms with Gasteiger partial charge in [-0.2, -0.15) is 5.10 Å². The van der Waals surface area contributed by atoms with Crippen LogP contribution in [0.25, 0.3) is 0 Å². The van der Waals surface area contributed by atoms with Crippen LogP contribution in [0.4, 0.5) is 0 Å². The number of nitrogens with one attached hydrogen (secondary N) is 3. The van der Waals surface area contributed by atoms with E-state index in [1.165, 1.54) is 0 Å². The van der Waals surface area contributed by atoms with Crippen molar-refractivity contribution in [2.45, 2.75) is 50.6 Å². The molecule has 8 heteroatoms. The average Bonchev–Trinajstić information content (AvgIpc) is 3.31. The second kappa shape index (κ2) is 9.85. The van der Waals surface area contributed by atoms with Gasteiger partial charge in [-0.3, -0.25) is 19.6 Å². The zero-order valence-electron chi connectivity index (χ0n) is 16.1. The fraction of sp³-hybridized carbons (Fsp3) is 0.737. The van der Waals surface area contributed by atoms with E-state index in [0.29, 0.717) is 38.8 Å². The van der Waals surface area contributed by atoms with Crippen molar-refractivity contribution in [3.63, 3.8) is 0 Å². The third kappa shape index (κ3) is 5.77. The Kier molecular flexibility index (Phi) is 7.23. The molecule has 8 nitrogen and oxygen atoms in total. The molecule has 0 aromatic carbocycles. The zero-order valence-corrected chi connectivity index (χ0v) is 16.1. The first-order valence-corrected chi connectivity index (χ1v) is 9.96. The Balaban J connectivity index is 1.34. The topological polar surface area (TPSA) is 99.4 Å². The number of hydrogen-bond donors (Lipinski definition) is 3. The van der Waals surface area contributed by atoms with Gasteiger partial charge in [0.1, 0.15) is 0 Å². The van der Waals surface area contributed by atoms with Gasteiger partial charge >= 0.3 is 0 Å². The third-order valence-corrected chi connectivity index (χ3v) is 5.78. The van der Waals surface area contributed by atoms with E-state index in [0.717, 1.165) is 37.8 Å². The summed E-state index contributed by atoms with van der Waals surface area (Å²) in [5, 5.41) is 12.9. The first kappa shape index (κ1) is 19.8. The number of hydrogen-bond acceptors (Lipinski definition) is 5. The number of likely N-dealkylation sites (N-methyl/N-ethyl adjacent to an activating group) is 1. The van der Waals surface area contributed by atoms with Gasteiger partial charge in [0.2, 0.25) is 11.8 Å². The van der Waals surface area contributed by atoms with Crippen molar-refractivity contribution < 1.29 is 14.3 Å². The molecular weight excluding hydrogens is 346 g/mol. The number of carbonyl (C=O) groups is 2. The number of aromatic nitrogens is 2. The molecule has 0 spiro atoms. The first-order chi connectivity index (χ1) is 13.1. The minimum Gasteiger partial charge on any atom is -0.381 e. The summed E-state index contributed by atoms with van der Waals surface area (Å²) in [6.45, 7) is 2.63. The molecule has 27 heavy (non-hydrogen) atoms. The van der Waals surface area contributed by atoms with E-state index in [9.17, 15) is 9.59 Å². The normalized spacial score (nSPS) is 24.0. The van der Waals surface area contributed by atoms with Crippen molar-refractivity contribution in [3.8, 4) is 0 Å². The quantitative estimate of drug-likeness (QED) is 0.611. The van der Waals surface area contributed by atoms with Crippen LogP contribution in [0.5, 0.6) is 0 Å². The molecule has 2 saturated heterocycles. The van der Waals surface area contributed by atoms with Crippen molar-refractivity contribution in [1.82, 2.24) is 25.7 Å². The molecule has 1 aromatic rings. The highest BCUT2D eigenvalue weighted by molar-refractivity contribution is 5.78. The van der Waals surface area contributed by atoms with Gasteiger partial charge in [-0.25, -0.2) is 0 Å². The van der Waals surface area contributed by atoms with Crippen LogP contribution < -0.4 is 10.6 Å². The van der Waals surface area contributed by atoms with Gasteiger partial charge in [-0.15, -0.1) is 0 Å². The standard InChI is InChI=1S/C19H31N5O3/c1-24-16(12-18(25)20-8-4-15-5-9-22-23-15)2-3-17(24)13-21-19(26)14-6-10-27-11-7-14/h5,9,14,16-17H,2-4,6-8,10-13H2,1H3,(H,20,25)(H,21,26)(H,22,23)/t16-,17+/m1/s1. The molecule has 0 radical (unpaired) electrons. The van der Waals surface area contributed by atoms with Crippen LogP contribution in [0.2, 0.25) is 0 Å². The summed E-state index contributed by atoms with van der Waals surface area (Å²) >= 11 is 0. The van der Waals surface area contributed by atoms with Gasteiger partial charge in [0.15, 0.2) is 0 Å². The average molecular weight is 377 g/mol. The Hall–Kier alpha value is -1.93. The molecule has 3 N–H and O–H groups in total. The largest absolute Gasteiger partial charge is 0.381 e. The fourth-order valence-corrected chi connectivity index (χ4v) is 3.95. The SMILES string of the molecule is CN1[C@@H](CC(=O)NCCc2ccn[nH]2)CC[C@H]1CNC(=O)C1CCOCC1. The highest BCUT2D eigenvalue weighted by Gasteiger charge is 2.32. The minimum absolute atomic E-state index is 0.0817. The van der Waals surface area contributed by atoms with Gasteiger partial charge in [0.05, 0.1) is 0 Å². The van der Waals surface area contributed by atoms with Crippen LogP contribution in [0.3, 0.4) is 0 Å². The molecule has 2 aliphatic heterocycles. The van der Waals surface area contributed by atoms with E-state index in [1.54, 1.807) is 6.20 Å². The van der Waals surface area contributed by atoms with E-state index in [1.807, 2.05) is 6.07 Å². The second-order valence-electron chi connectivity index (χ2n) is 7.57. The molecule has 2 amide bonds. The van der Waals surface area contributed by atoms with Crippen LogP contribution in [0.1, 0.15) is 37.8 Å². The molecule has 0 bridgehead atoms. The Morgan fingerprint density at radius 1 is 1.22 bits per heavy atom. The fourth-order valence-electron chi connectivity index (χ4n) is 3.95. The minimum atomic E-state index is 0.0817. The van der Waals surface area contributed by atoms with E-state index < -0.39 is 0 Å². The molecule has 2 atom stereocenters. The van der Waals surface area contributed by atoms with Crippen molar-refractivity contribution >= 4 is 11.8 Å². The highest BCUT2D eigenvalue weighted by atomic mass is 16.5. The smallest absolute Gasteiger partial charge is 0.223 e. The van der Waals surface area contributed by atoms with Crippen LogP contribution in [-0.4, -0.2) is 72.3 Å². The van der Waals surface area contributed by atoms with Gasteiger partial charge in [0, 0.05) is 69.0 Å². The van der Waals surface area contributed by atoms with Crippen molar-refractivity contribution in [2.24, 2.45) is 5.92 Å².